The third-order valence-electron chi connectivity index (χ3n) is 4.61. The van der Waals surface area contributed by atoms with E-state index in [1.165, 1.54) is 44.9 Å². The van der Waals surface area contributed by atoms with Crippen molar-refractivity contribution in [3.05, 3.63) is 22.2 Å². The second kappa shape index (κ2) is 8.97. The summed E-state index contributed by atoms with van der Waals surface area (Å²) in [4.78, 5) is 0. The van der Waals surface area contributed by atoms with Crippen LogP contribution in [0.3, 0.4) is 0 Å². The predicted octanol–water partition coefficient (Wildman–Crippen LogP) is 6.74. The van der Waals surface area contributed by atoms with Crippen LogP contribution in [-0.2, 0) is 12.5 Å². The molecule has 0 aliphatic heterocycles. The topological polar surface area (TPSA) is 4.93 Å². The van der Waals surface area contributed by atoms with Crippen molar-refractivity contribution < 1.29 is 4.39 Å². The summed E-state index contributed by atoms with van der Waals surface area (Å²) in [6.07, 6.45) is 13.1. The van der Waals surface area contributed by atoms with E-state index in [2.05, 4.69) is 36.7 Å². The molecule has 0 spiro atoms. The van der Waals surface area contributed by atoms with Gasteiger partial charge in [0.15, 0.2) is 0 Å². The number of halogens is 2. The van der Waals surface area contributed by atoms with Gasteiger partial charge in [-0.3, -0.25) is 0 Å². The van der Waals surface area contributed by atoms with Crippen molar-refractivity contribution >= 4 is 15.9 Å². The second-order valence-corrected chi connectivity index (χ2v) is 7.38. The van der Waals surface area contributed by atoms with Crippen LogP contribution in [0.2, 0.25) is 0 Å². The molecule has 122 valence electrons. The van der Waals surface area contributed by atoms with Crippen molar-refractivity contribution in [2.45, 2.75) is 84.0 Å². The molecule has 0 radical (unpaired) electrons. The molecule has 0 saturated carbocycles. The molecule has 0 aliphatic carbocycles. The van der Waals surface area contributed by atoms with Gasteiger partial charge in [0.25, 0.3) is 0 Å². The molecule has 0 fully saturated rings. The maximum Gasteiger partial charge on any atom is 0.208 e. The van der Waals surface area contributed by atoms with Crippen LogP contribution in [0.5, 0.6) is 0 Å². The van der Waals surface area contributed by atoms with Crippen LogP contribution in [-0.4, -0.2) is 4.57 Å². The van der Waals surface area contributed by atoms with E-state index in [4.69, 9.17) is 0 Å². The maximum atomic E-state index is 14.0. The van der Waals surface area contributed by atoms with Gasteiger partial charge >= 0.3 is 0 Å². The first-order chi connectivity index (χ1) is 9.96. The minimum atomic E-state index is -0.153. The molecular formula is C18H31BrFN. The fourth-order valence-corrected chi connectivity index (χ4v) is 3.96. The normalized spacial score (nSPS) is 14.4. The minimum absolute atomic E-state index is 0.0871. The summed E-state index contributed by atoms with van der Waals surface area (Å²) in [5.41, 5.74) is 1.24. The van der Waals surface area contributed by atoms with E-state index < -0.39 is 0 Å². The van der Waals surface area contributed by atoms with E-state index in [-0.39, 0.29) is 11.4 Å². The molecule has 1 nitrogen and oxygen atoms in total. The number of hydrogen-bond donors (Lipinski definition) is 0. The molecule has 0 aliphatic rings. The lowest BCUT2D eigenvalue weighted by molar-refractivity contribution is 0.364. The lowest BCUT2D eigenvalue weighted by Crippen LogP contribution is -2.22. The average Bonchev–Trinajstić information content (AvgIpc) is 2.72. The Morgan fingerprint density at radius 2 is 1.57 bits per heavy atom. The first-order valence-corrected chi connectivity index (χ1v) is 9.26. The van der Waals surface area contributed by atoms with E-state index in [9.17, 15) is 4.39 Å². The van der Waals surface area contributed by atoms with Crippen LogP contribution in [0, 0.1) is 5.95 Å². The zero-order chi connectivity index (χ0) is 15.9. The van der Waals surface area contributed by atoms with E-state index in [0.29, 0.717) is 4.47 Å². The molecule has 0 aromatic carbocycles. The van der Waals surface area contributed by atoms with Gasteiger partial charge in [-0.1, -0.05) is 65.7 Å². The van der Waals surface area contributed by atoms with E-state index in [1.807, 2.05) is 6.20 Å². The summed E-state index contributed by atoms with van der Waals surface area (Å²) >= 11 is 3.47. The highest BCUT2D eigenvalue weighted by Crippen LogP contribution is 2.40. The molecule has 1 unspecified atom stereocenters. The first kappa shape index (κ1) is 18.7. The maximum absolute atomic E-state index is 14.0. The zero-order valence-electron chi connectivity index (χ0n) is 14.1. The minimum Gasteiger partial charge on any atom is -0.327 e. The Balaban J connectivity index is 2.86. The Bertz CT molecular complexity index is 427. The summed E-state index contributed by atoms with van der Waals surface area (Å²) in [6.45, 7) is 6.79. The van der Waals surface area contributed by atoms with Gasteiger partial charge in [-0.05, 0) is 39.8 Å². The average molecular weight is 360 g/mol. The quantitative estimate of drug-likeness (QED) is 0.407. The number of nitrogens with zero attached hydrogens (tertiary/aromatic N) is 1. The number of hydrogen-bond acceptors (Lipinski definition) is 0. The first-order valence-electron chi connectivity index (χ1n) is 8.47. The highest BCUT2D eigenvalue weighted by molar-refractivity contribution is 9.10. The zero-order valence-corrected chi connectivity index (χ0v) is 15.7. The monoisotopic (exact) mass is 359 g/mol. The van der Waals surface area contributed by atoms with Crippen molar-refractivity contribution in [3.63, 3.8) is 0 Å². The lowest BCUT2D eigenvalue weighted by atomic mass is 9.75. The highest BCUT2D eigenvalue weighted by atomic mass is 79.9. The Kier molecular flexibility index (Phi) is 8.00. The summed E-state index contributed by atoms with van der Waals surface area (Å²) in [5.74, 6) is -0.153. The molecule has 3 heteroatoms. The van der Waals surface area contributed by atoms with Crippen molar-refractivity contribution in [1.82, 2.24) is 4.57 Å². The van der Waals surface area contributed by atoms with Gasteiger partial charge in [-0.25, -0.2) is 0 Å². The second-order valence-electron chi connectivity index (χ2n) is 6.59. The number of rotatable bonds is 10. The molecule has 0 N–H and O–H groups in total. The van der Waals surface area contributed by atoms with Crippen molar-refractivity contribution in [1.29, 1.82) is 0 Å². The Hall–Kier alpha value is -0.310. The van der Waals surface area contributed by atoms with Crippen molar-refractivity contribution in [2.24, 2.45) is 7.05 Å². The molecule has 1 rings (SSSR count). The van der Waals surface area contributed by atoms with Crippen LogP contribution in [0.1, 0.15) is 84.1 Å². The SMILES string of the molecule is CCCCCCC(C)(CCCCC)c1cn(C)c(F)c1Br. The van der Waals surface area contributed by atoms with Gasteiger partial charge in [0, 0.05) is 13.2 Å². The molecule has 1 heterocycles. The molecule has 21 heavy (non-hydrogen) atoms. The third kappa shape index (κ3) is 5.12. The summed E-state index contributed by atoms with van der Waals surface area (Å²) in [7, 11) is 1.78. The van der Waals surface area contributed by atoms with Crippen molar-refractivity contribution in [2.75, 3.05) is 0 Å². The molecule has 1 atom stereocenters. The smallest absolute Gasteiger partial charge is 0.208 e. The largest absolute Gasteiger partial charge is 0.327 e. The fourth-order valence-electron chi connectivity index (χ4n) is 3.10. The molecular weight excluding hydrogens is 329 g/mol. The van der Waals surface area contributed by atoms with Crippen LogP contribution < -0.4 is 0 Å². The molecule has 1 aromatic heterocycles. The Morgan fingerprint density at radius 3 is 2.05 bits per heavy atom. The Morgan fingerprint density at radius 1 is 1.05 bits per heavy atom. The third-order valence-corrected chi connectivity index (χ3v) is 5.37. The number of aryl methyl sites for hydroxylation is 1. The van der Waals surface area contributed by atoms with Gasteiger partial charge < -0.3 is 4.57 Å². The van der Waals surface area contributed by atoms with E-state index >= 15 is 0 Å². The molecule has 0 saturated heterocycles. The lowest BCUT2D eigenvalue weighted by Gasteiger charge is -2.30. The number of aromatic nitrogens is 1. The summed E-state index contributed by atoms with van der Waals surface area (Å²) < 4.78 is 16.3. The van der Waals surface area contributed by atoms with Crippen LogP contribution in [0.15, 0.2) is 10.7 Å². The Labute approximate surface area is 138 Å². The van der Waals surface area contributed by atoms with Gasteiger partial charge in [0.05, 0.1) is 4.47 Å². The predicted molar refractivity (Wildman–Crippen MR) is 93.3 cm³/mol. The van der Waals surface area contributed by atoms with Gasteiger partial charge in [-0.2, -0.15) is 4.39 Å². The van der Waals surface area contributed by atoms with Gasteiger partial charge in [-0.15, -0.1) is 0 Å². The molecule has 1 aromatic rings. The van der Waals surface area contributed by atoms with Gasteiger partial charge in [0.1, 0.15) is 0 Å². The highest BCUT2D eigenvalue weighted by Gasteiger charge is 2.30. The number of unbranched alkanes of at least 4 members (excludes halogenated alkanes) is 5. The van der Waals surface area contributed by atoms with Gasteiger partial charge in [0.2, 0.25) is 5.95 Å². The van der Waals surface area contributed by atoms with Crippen LogP contribution in [0.4, 0.5) is 4.39 Å². The fraction of sp³-hybridized carbons (Fsp3) is 0.778. The summed E-state index contributed by atoms with van der Waals surface area (Å²) in [5, 5.41) is 0. The van der Waals surface area contributed by atoms with Crippen LogP contribution in [0.25, 0.3) is 0 Å². The molecule has 0 bridgehead atoms. The van der Waals surface area contributed by atoms with E-state index in [1.54, 1.807) is 11.6 Å². The van der Waals surface area contributed by atoms with E-state index in [0.717, 1.165) is 18.4 Å². The van der Waals surface area contributed by atoms with Crippen LogP contribution >= 0.6 is 15.9 Å². The van der Waals surface area contributed by atoms with Crippen molar-refractivity contribution in [3.8, 4) is 0 Å². The molecule has 0 amide bonds. The summed E-state index contributed by atoms with van der Waals surface area (Å²) in [6, 6.07) is 0. The standard InChI is InChI=1S/C18H31BrFN/c1-5-7-9-11-13-18(3,12-10-8-6-2)15-14-21(4)17(20)16(15)19/h14H,5-13H2,1-4H3.